The molecule has 3 aromatic rings. The first-order chi connectivity index (χ1) is 13.9. The van der Waals surface area contributed by atoms with E-state index < -0.39 is 0 Å². The number of ether oxygens (including phenoxy) is 2. The summed E-state index contributed by atoms with van der Waals surface area (Å²) in [5.41, 5.74) is 1.98. The molecule has 0 spiro atoms. The maximum absolute atomic E-state index is 13.0. The molecule has 4 nitrogen and oxygen atoms in total. The molecule has 2 aromatic carbocycles. The molecule has 0 saturated carbocycles. The van der Waals surface area contributed by atoms with Crippen molar-refractivity contribution >= 4 is 46.3 Å². The molecule has 29 heavy (non-hydrogen) atoms. The third-order valence-corrected chi connectivity index (χ3v) is 5.97. The second-order valence-electron chi connectivity index (χ2n) is 6.13. The summed E-state index contributed by atoms with van der Waals surface area (Å²) in [6, 6.07) is 13.9. The Labute approximate surface area is 183 Å². The highest BCUT2D eigenvalue weighted by Gasteiger charge is 2.21. The molecule has 0 aliphatic rings. The van der Waals surface area contributed by atoms with Crippen molar-refractivity contribution in [3.63, 3.8) is 0 Å². The van der Waals surface area contributed by atoms with E-state index in [1.54, 1.807) is 32.2 Å². The number of carbonyl (C=O) groups excluding carboxylic acids is 2. The van der Waals surface area contributed by atoms with Gasteiger partial charge in [-0.15, -0.1) is 11.3 Å². The molecule has 1 aromatic heterocycles. The van der Waals surface area contributed by atoms with Crippen LogP contribution in [0.3, 0.4) is 0 Å². The number of hydrogen-bond acceptors (Lipinski definition) is 5. The van der Waals surface area contributed by atoms with E-state index in [2.05, 4.69) is 0 Å². The van der Waals surface area contributed by atoms with Gasteiger partial charge < -0.3 is 9.47 Å². The number of carbonyl (C=O) groups is 2. The maximum Gasteiger partial charge on any atom is 0.310 e. The van der Waals surface area contributed by atoms with Crippen molar-refractivity contribution in [1.29, 1.82) is 0 Å². The number of halogens is 2. The largest absolute Gasteiger partial charge is 0.497 e. The highest BCUT2D eigenvalue weighted by Crippen LogP contribution is 2.36. The standard InChI is InChI=1S/C22H18Cl2O4S/c1-3-28-20(25)11-14-10-19(21(26)17-9-6-15(23)12-18(17)24)29-22(14)13-4-7-16(27-2)8-5-13/h4-10,12H,3,11H2,1-2H3. The lowest BCUT2D eigenvalue weighted by atomic mass is 10.0. The van der Waals surface area contributed by atoms with E-state index in [-0.39, 0.29) is 23.2 Å². The third kappa shape index (κ3) is 4.99. The molecule has 0 fully saturated rings. The lowest BCUT2D eigenvalue weighted by molar-refractivity contribution is -0.142. The first-order valence-electron chi connectivity index (χ1n) is 8.85. The fraction of sp³-hybridized carbons (Fsp3) is 0.182. The van der Waals surface area contributed by atoms with Crippen molar-refractivity contribution in [3.05, 3.63) is 74.6 Å². The quantitative estimate of drug-likeness (QED) is 0.325. The van der Waals surface area contributed by atoms with Crippen molar-refractivity contribution in [2.75, 3.05) is 13.7 Å². The van der Waals surface area contributed by atoms with E-state index in [1.165, 1.54) is 17.4 Å². The van der Waals surface area contributed by atoms with Gasteiger partial charge in [0.2, 0.25) is 5.78 Å². The fourth-order valence-corrected chi connectivity index (χ4v) is 4.47. The molecule has 0 unspecified atom stereocenters. The highest BCUT2D eigenvalue weighted by molar-refractivity contribution is 7.17. The Morgan fingerprint density at radius 1 is 1.03 bits per heavy atom. The third-order valence-electron chi connectivity index (χ3n) is 4.20. The number of esters is 1. The second kappa shape index (κ2) is 9.44. The predicted octanol–water partition coefficient (Wildman–Crippen LogP) is 6.07. The van der Waals surface area contributed by atoms with Gasteiger partial charge in [0.05, 0.1) is 30.0 Å². The predicted molar refractivity (Wildman–Crippen MR) is 117 cm³/mol. The highest BCUT2D eigenvalue weighted by atomic mass is 35.5. The Morgan fingerprint density at radius 3 is 2.38 bits per heavy atom. The van der Waals surface area contributed by atoms with Crippen LogP contribution in [0.2, 0.25) is 10.0 Å². The van der Waals surface area contributed by atoms with Crippen LogP contribution in [0.4, 0.5) is 0 Å². The number of methoxy groups -OCH3 is 1. The molecule has 0 amide bonds. The summed E-state index contributed by atoms with van der Waals surface area (Å²) in [4.78, 5) is 26.4. The average molecular weight is 449 g/mol. The van der Waals surface area contributed by atoms with Gasteiger partial charge in [-0.3, -0.25) is 9.59 Å². The van der Waals surface area contributed by atoms with Crippen LogP contribution in [0.15, 0.2) is 48.5 Å². The minimum Gasteiger partial charge on any atom is -0.497 e. The van der Waals surface area contributed by atoms with Crippen LogP contribution < -0.4 is 4.74 Å². The molecule has 1 heterocycles. The van der Waals surface area contributed by atoms with Crippen molar-refractivity contribution < 1.29 is 19.1 Å². The number of ketones is 1. The molecule has 0 N–H and O–H groups in total. The minimum atomic E-state index is -0.344. The summed E-state index contributed by atoms with van der Waals surface area (Å²) in [6.45, 7) is 2.06. The van der Waals surface area contributed by atoms with Crippen LogP contribution in [-0.4, -0.2) is 25.5 Å². The van der Waals surface area contributed by atoms with Crippen molar-refractivity contribution in [2.45, 2.75) is 13.3 Å². The van der Waals surface area contributed by atoms with Crippen LogP contribution in [0.1, 0.15) is 27.7 Å². The summed E-state index contributed by atoms with van der Waals surface area (Å²) < 4.78 is 10.3. The molecular weight excluding hydrogens is 431 g/mol. The summed E-state index contributed by atoms with van der Waals surface area (Å²) in [7, 11) is 1.60. The average Bonchev–Trinajstić information content (AvgIpc) is 3.11. The van der Waals surface area contributed by atoms with E-state index >= 15 is 0 Å². The molecule has 0 aliphatic heterocycles. The van der Waals surface area contributed by atoms with Crippen LogP contribution in [0, 0.1) is 0 Å². The molecule has 0 aliphatic carbocycles. The fourth-order valence-electron chi connectivity index (χ4n) is 2.83. The monoisotopic (exact) mass is 448 g/mol. The topological polar surface area (TPSA) is 52.6 Å². The van der Waals surface area contributed by atoms with Gasteiger partial charge in [-0.1, -0.05) is 23.2 Å². The molecule has 0 radical (unpaired) electrons. The van der Waals surface area contributed by atoms with Crippen LogP contribution in [-0.2, 0) is 16.0 Å². The van der Waals surface area contributed by atoms with Gasteiger partial charge in [-0.05, 0) is 66.6 Å². The molecule has 3 rings (SSSR count). The lowest BCUT2D eigenvalue weighted by Gasteiger charge is -2.05. The van der Waals surface area contributed by atoms with E-state index in [4.69, 9.17) is 32.7 Å². The van der Waals surface area contributed by atoms with Gasteiger partial charge in [0.25, 0.3) is 0 Å². The molecule has 150 valence electrons. The zero-order valence-corrected chi connectivity index (χ0v) is 18.2. The summed E-state index contributed by atoms with van der Waals surface area (Å²) in [5, 5.41) is 0.744. The molecular formula is C22H18Cl2O4S. The number of rotatable bonds is 7. The Balaban J connectivity index is 2.02. The summed E-state index contributed by atoms with van der Waals surface area (Å²) in [5.74, 6) is 0.159. The van der Waals surface area contributed by atoms with E-state index in [9.17, 15) is 9.59 Å². The van der Waals surface area contributed by atoms with Crippen molar-refractivity contribution in [2.24, 2.45) is 0 Å². The smallest absolute Gasteiger partial charge is 0.310 e. The molecule has 0 atom stereocenters. The molecule has 0 saturated heterocycles. The van der Waals surface area contributed by atoms with Gasteiger partial charge in [0.1, 0.15) is 5.75 Å². The Morgan fingerprint density at radius 2 is 1.76 bits per heavy atom. The van der Waals surface area contributed by atoms with Crippen LogP contribution in [0.25, 0.3) is 10.4 Å². The lowest BCUT2D eigenvalue weighted by Crippen LogP contribution is -2.07. The summed E-state index contributed by atoms with van der Waals surface area (Å²) in [6.07, 6.45) is 0.0767. The molecule has 7 heteroatoms. The number of hydrogen-bond donors (Lipinski definition) is 0. The van der Waals surface area contributed by atoms with Gasteiger partial charge >= 0.3 is 5.97 Å². The minimum absolute atomic E-state index is 0.0767. The van der Waals surface area contributed by atoms with Crippen LogP contribution in [0.5, 0.6) is 5.75 Å². The Bertz CT molecular complexity index is 1040. The zero-order chi connectivity index (χ0) is 21.0. The van der Waals surface area contributed by atoms with Gasteiger partial charge in [0.15, 0.2) is 0 Å². The van der Waals surface area contributed by atoms with Gasteiger partial charge in [0, 0.05) is 15.5 Å². The number of thiophene rings is 1. The normalized spacial score (nSPS) is 10.6. The van der Waals surface area contributed by atoms with Crippen molar-refractivity contribution in [1.82, 2.24) is 0 Å². The Kier molecular flexibility index (Phi) is 6.96. The second-order valence-corrected chi connectivity index (χ2v) is 8.02. The van der Waals surface area contributed by atoms with Crippen molar-refractivity contribution in [3.8, 4) is 16.2 Å². The SMILES string of the molecule is CCOC(=O)Cc1cc(C(=O)c2ccc(Cl)cc2Cl)sc1-c1ccc(OC)cc1. The summed E-state index contributed by atoms with van der Waals surface area (Å²) >= 11 is 13.5. The van der Waals surface area contributed by atoms with Gasteiger partial charge in [-0.2, -0.15) is 0 Å². The van der Waals surface area contributed by atoms with Crippen LogP contribution >= 0.6 is 34.5 Å². The van der Waals surface area contributed by atoms with E-state index in [1.807, 2.05) is 24.3 Å². The zero-order valence-electron chi connectivity index (χ0n) is 15.8. The molecule has 0 bridgehead atoms. The van der Waals surface area contributed by atoms with Gasteiger partial charge in [-0.25, -0.2) is 0 Å². The number of benzene rings is 2. The first-order valence-corrected chi connectivity index (χ1v) is 10.4. The Hall–Kier alpha value is -2.34. The van der Waals surface area contributed by atoms with E-state index in [0.717, 1.165) is 21.8 Å². The maximum atomic E-state index is 13.0. The van der Waals surface area contributed by atoms with E-state index in [0.29, 0.717) is 22.1 Å². The first kappa shape index (κ1) is 21.4.